The lowest BCUT2D eigenvalue weighted by Gasteiger charge is -1.91. The van der Waals surface area contributed by atoms with Crippen LogP contribution in [0.2, 0.25) is 0 Å². The minimum atomic E-state index is -0.00640. The Hall–Kier alpha value is -0.870. The Bertz CT molecular complexity index is 257. The van der Waals surface area contributed by atoms with Crippen molar-refractivity contribution in [2.75, 3.05) is 0 Å². The Balaban J connectivity index is 2.65. The fourth-order valence-electron chi connectivity index (χ4n) is 0.697. The molecule has 3 N–H and O–H groups in total. The molecule has 0 amide bonds. The number of rotatable bonds is 3. The number of nitrogens with zero attached hydrogens (tertiary/aromatic N) is 1. The standard InChI is InChI=1S/C7H10N2OS/c1-5(8)2-7-9-6(3-10)4-11-7/h4,10H,1-3,8H2. The van der Waals surface area contributed by atoms with Crippen LogP contribution in [0.15, 0.2) is 17.7 Å². The SMILES string of the molecule is C=C(N)Cc1nc(CO)cs1. The first-order valence-corrected chi connectivity index (χ1v) is 4.07. The minimum Gasteiger partial charge on any atom is -0.402 e. The van der Waals surface area contributed by atoms with Gasteiger partial charge in [0.1, 0.15) is 0 Å². The summed E-state index contributed by atoms with van der Waals surface area (Å²) in [6.45, 7) is 3.56. The van der Waals surface area contributed by atoms with Gasteiger partial charge in [0.15, 0.2) is 0 Å². The van der Waals surface area contributed by atoms with Crippen LogP contribution < -0.4 is 5.73 Å². The maximum atomic E-state index is 8.68. The van der Waals surface area contributed by atoms with Gasteiger partial charge in [-0.1, -0.05) is 6.58 Å². The van der Waals surface area contributed by atoms with Crippen LogP contribution in [0.1, 0.15) is 10.7 Å². The second-order valence-corrected chi connectivity index (χ2v) is 3.17. The first kappa shape index (κ1) is 8.23. The maximum Gasteiger partial charge on any atom is 0.0987 e. The van der Waals surface area contributed by atoms with Crippen LogP contribution >= 0.6 is 11.3 Å². The number of aliphatic hydroxyl groups excluding tert-OH is 1. The van der Waals surface area contributed by atoms with Crippen molar-refractivity contribution in [2.45, 2.75) is 13.0 Å². The second-order valence-electron chi connectivity index (χ2n) is 2.23. The predicted octanol–water partition coefficient (Wildman–Crippen LogP) is 0.650. The Morgan fingerprint density at radius 2 is 2.55 bits per heavy atom. The van der Waals surface area contributed by atoms with E-state index in [9.17, 15) is 0 Å². The lowest BCUT2D eigenvalue weighted by molar-refractivity contribution is 0.277. The molecule has 0 saturated heterocycles. The molecule has 4 heteroatoms. The van der Waals surface area contributed by atoms with E-state index in [-0.39, 0.29) is 6.61 Å². The molecule has 1 rings (SSSR count). The van der Waals surface area contributed by atoms with Gasteiger partial charge in [-0.2, -0.15) is 0 Å². The number of allylic oxidation sites excluding steroid dienone is 1. The van der Waals surface area contributed by atoms with Crippen LogP contribution in [-0.4, -0.2) is 10.1 Å². The summed E-state index contributed by atoms with van der Waals surface area (Å²) in [6.07, 6.45) is 0.602. The molecule has 0 radical (unpaired) electrons. The molecular formula is C7H10N2OS. The van der Waals surface area contributed by atoms with Gasteiger partial charge >= 0.3 is 0 Å². The molecule has 0 aliphatic heterocycles. The van der Waals surface area contributed by atoms with Gasteiger partial charge in [0.2, 0.25) is 0 Å². The Morgan fingerprint density at radius 1 is 1.82 bits per heavy atom. The highest BCUT2D eigenvalue weighted by atomic mass is 32.1. The van der Waals surface area contributed by atoms with E-state index in [2.05, 4.69) is 11.6 Å². The summed E-state index contributed by atoms with van der Waals surface area (Å²) in [5.41, 5.74) is 6.69. The zero-order valence-electron chi connectivity index (χ0n) is 6.08. The van der Waals surface area contributed by atoms with Crippen molar-refractivity contribution in [3.63, 3.8) is 0 Å². The molecule has 3 nitrogen and oxygen atoms in total. The van der Waals surface area contributed by atoms with Gasteiger partial charge in [0.05, 0.1) is 17.3 Å². The van der Waals surface area contributed by atoms with Crippen molar-refractivity contribution >= 4 is 11.3 Å². The average molecular weight is 170 g/mol. The molecule has 60 valence electrons. The molecule has 0 aliphatic carbocycles. The van der Waals surface area contributed by atoms with Crippen molar-refractivity contribution in [2.24, 2.45) is 5.73 Å². The van der Waals surface area contributed by atoms with E-state index in [0.717, 1.165) is 5.01 Å². The normalized spacial score (nSPS) is 9.91. The highest BCUT2D eigenvalue weighted by molar-refractivity contribution is 7.09. The van der Waals surface area contributed by atoms with Gasteiger partial charge in [-0.25, -0.2) is 4.98 Å². The molecule has 1 aromatic rings. The average Bonchev–Trinajstić information content (AvgIpc) is 2.34. The highest BCUT2D eigenvalue weighted by Crippen LogP contribution is 2.11. The van der Waals surface area contributed by atoms with Crippen LogP contribution in [-0.2, 0) is 13.0 Å². The van der Waals surface area contributed by atoms with Crippen LogP contribution in [0, 0.1) is 0 Å². The summed E-state index contributed by atoms with van der Waals surface area (Å²) >= 11 is 1.49. The lowest BCUT2D eigenvalue weighted by Crippen LogP contribution is -1.98. The quantitative estimate of drug-likeness (QED) is 0.700. The summed E-state index contributed by atoms with van der Waals surface area (Å²) in [5.74, 6) is 0. The van der Waals surface area contributed by atoms with Gasteiger partial charge in [-0.15, -0.1) is 11.3 Å². The van der Waals surface area contributed by atoms with Crippen LogP contribution in [0.5, 0.6) is 0 Å². The second kappa shape index (κ2) is 3.50. The number of aliphatic hydroxyl groups is 1. The molecule has 0 saturated carbocycles. The van der Waals surface area contributed by atoms with Crippen molar-refractivity contribution in [3.8, 4) is 0 Å². The van der Waals surface area contributed by atoms with E-state index in [1.807, 2.05) is 5.38 Å². The molecule has 11 heavy (non-hydrogen) atoms. The van der Waals surface area contributed by atoms with E-state index in [0.29, 0.717) is 17.8 Å². The zero-order valence-corrected chi connectivity index (χ0v) is 6.90. The summed E-state index contributed by atoms with van der Waals surface area (Å²) < 4.78 is 0. The maximum absolute atomic E-state index is 8.68. The molecule has 0 atom stereocenters. The Morgan fingerprint density at radius 3 is 3.00 bits per heavy atom. The van der Waals surface area contributed by atoms with Crippen molar-refractivity contribution in [1.29, 1.82) is 0 Å². The first-order valence-electron chi connectivity index (χ1n) is 3.19. The molecule has 0 fully saturated rings. The summed E-state index contributed by atoms with van der Waals surface area (Å²) in [7, 11) is 0. The minimum absolute atomic E-state index is 0.00640. The summed E-state index contributed by atoms with van der Waals surface area (Å²) in [5, 5.41) is 11.4. The third-order valence-electron chi connectivity index (χ3n) is 1.14. The number of hydrogen-bond acceptors (Lipinski definition) is 4. The van der Waals surface area contributed by atoms with Gasteiger partial charge in [-0.3, -0.25) is 0 Å². The summed E-state index contributed by atoms with van der Waals surface area (Å²) in [4.78, 5) is 4.10. The topological polar surface area (TPSA) is 59.1 Å². The van der Waals surface area contributed by atoms with Crippen molar-refractivity contribution in [1.82, 2.24) is 4.98 Å². The molecule has 0 unspecified atom stereocenters. The molecular weight excluding hydrogens is 160 g/mol. The third kappa shape index (κ3) is 2.32. The van der Waals surface area contributed by atoms with Gasteiger partial charge in [0, 0.05) is 17.5 Å². The largest absolute Gasteiger partial charge is 0.402 e. The number of nitrogens with two attached hydrogens (primary N) is 1. The molecule has 1 aromatic heterocycles. The van der Waals surface area contributed by atoms with Gasteiger partial charge < -0.3 is 10.8 Å². The Labute approximate surface area is 69.2 Å². The van der Waals surface area contributed by atoms with Crippen LogP contribution in [0.25, 0.3) is 0 Å². The zero-order chi connectivity index (χ0) is 8.27. The molecule has 0 aromatic carbocycles. The molecule has 1 heterocycles. The predicted molar refractivity (Wildman–Crippen MR) is 45.1 cm³/mol. The van der Waals surface area contributed by atoms with E-state index >= 15 is 0 Å². The van der Waals surface area contributed by atoms with E-state index in [1.165, 1.54) is 11.3 Å². The monoisotopic (exact) mass is 170 g/mol. The van der Waals surface area contributed by atoms with Crippen LogP contribution in [0.4, 0.5) is 0 Å². The fourth-order valence-corrected chi connectivity index (χ4v) is 1.53. The van der Waals surface area contributed by atoms with Crippen LogP contribution in [0.3, 0.4) is 0 Å². The number of thiazole rings is 1. The lowest BCUT2D eigenvalue weighted by atomic mass is 10.4. The number of aromatic nitrogens is 1. The van der Waals surface area contributed by atoms with E-state index in [4.69, 9.17) is 10.8 Å². The van der Waals surface area contributed by atoms with E-state index < -0.39 is 0 Å². The fraction of sp³-hybridized carbons (Fsp3) is 0.286. The van der Waals surface area contributed by atoms with Gasteiger partial charge in [0.25, 0.3) is 0 Å². The molecule has 0 aliphatic rings. The number of hydrogen-bond donors (Lipinski definition) is 2. The summed E-state index contributed by atoms with van der Waals surface area (Å²) in [6, 6.07) is 0. The smallest absolute Gasteiger partial charge is 0.0987 e. The highest BCUT2D eigenvalue weighted by Gasteiger charge is 2.00. The first-order chi connectivity index (χ1) is 5.22. The van der Waals surface area contributed by atoms with Gasteiger partial charge in [-0.05, 0) is 0 Å². The molecule has 0 bridgehead atoms. The molecule has 0 spiro atoms. The third-order valence-corrected chi connectivity index (χ3v) is 2.04. The van der Waals surface area contributed by atoms with Crippen molar-refractivity contribution < 1.29 is 5.11 Å². The van der Waals surface area contributed by atoms with Crippen molar-refractivity contribution in [3.05, 3.63) is 28.4 Å². The Kier molecular flexibility index (Phi) is 2.62. The van der Waals surface area contributed by atoms with E-state index in [1.54, 1.807) is 0 Å².